The molecule has 0 N–H and O–H groups in total. The SMILES string of the molecule is CCOC(=O)C(C)Sc1nnc(-c2cccs2)n1C1CC1. The Balaban J connectivity index is 1.84. The molecular formula is C14H17N3O2S2. The van der Waals surface area contributed by atoms with Gasteiger partial charge in [-0.2, -0.15) is 0 Å². The molecule has 1 atom stereocenters. The van der Waals surface area contributed by atoms with Crippen LogP contribution in [0.2, 0.25) is 0 Å². The number of esters is 1. The molecule has 2 aromatic rings. The van der Waals surface area contributed by atoms with Crippen molar-refractivity contribution in [2.24, 2.45) is 0 Å². The van der Waals surface area contributed by atoms with Gasteiger partial charge in [-0.3, -0.25) is 9.36 Å². The van der Waals surface area contributed by atoms with Gasteiger partial charge < -0.3 is 4.74 Å². The number of aromatic nitrogens is 3. The molecule has 2 aromatic heterocycles. The molecular weight excluding hydrogens is 306 g/mol. The van der Waals surface area contributed by atoms with Gasteiger partial charge in [-0.1, -0.05) is 17.8 Å². The summed E-state index contributed by atoms with van der Waals surface area (Å²) >= 11 is 3.08. The van der Waals surface area contributed by atoms with Crippen LogP contribution in [0.15, 0.2) is 22.7 Å². The van der Waals surface area contributed by atoms with Crippen LogP contribution in [0, 0.1) is 0 Å². The van der Waals surface area contributed by atoms with Crippen LogP contribution >= 0.6 is 23.1 Å². The maximum atomic E-state index is 11.8. The van der Waals surface area contributed by atoms with Gasteiger partial charge in [0.15, 0.2) is 11.0 Å². The Bertz CT molecular complexity index is 620. The van der Waals surface area contributed by atoms with E-state index in [9.17, 15) is 4.79 Å². The number of hydrogen-bond acceptors (Lipinski definition) is 6. The average Bonchev–Trinajstić information content (AvgIpc) is 3.01. The summed E-state index contributed by atoms with van der Waals surface area (Å²) in [6.45, 7) is 4.07. The van der Waals surface area contributed by atoms with Crippen LogP contribution in [0.1, 0.15) is 32.7 Å². The summed E-state index contributed by atoms with van der Waals surface area (Å²) in [4.78, 5) is 12.9. The first-order valence-corrected chi connectivity index (χ1v) is 8.78. The topological polar surface area (TPSA) is 57.0 Å². The molecule has 7 heteroatoms. The molecule has 0 amide bonds. The summed E-state index contributed by atoms with van der Waals surface area (Å²) in [5.41, 5.74) is 0. The normalized spacial score (nSPS) is 15.9. The van der Waals surface area contributed by atoms with Crippen LogP contribution in [0.4, 0.5) is 0 Å². The molecule has 1 unspecified atom stereocenters. The van der Waals surface area contributed by atoms with Gasteiger partial charge in [0.2, 0.25) is 0 Å². The number of carbonyl (C=O) groups is 1. The van der Waals surface area contributed by atoms with Crippen molar-refractivity contribution in [2.75, 3.05) is 6.61 Å². The van der Waals surface area contributed by atoms with Crippen molar-refractivity contribution in [2.45, 2.75) is 43.1 Å². The summed E-state index contributed by atoms with van der Waals surface area (Å²) in [6, 6.07) is 4.53. The number of rotatable bonds is 6. The minimum atomic E-state index is -0.275. The molecule has 0 spiro atoms. The van der Waals surface area contributed by atoms with Gasteiger partial charge in [-0.05, 0) is 38.1 Å². The van der Waals surface area contributed by atoms with Gasteiger partial charge >= 0.3 is 5.97 Å². The van der Waals surface area contributed by atoms with Crippen molar-refractivity contribution < 1.29 is 9.53 Å². The van der Waals surface area contributed by atoms with E-state index in [1.54, 1.807) is 11.3 Å². The highest BCUT2D eigenvalue weighted by Crippen LogP contribution is 2.42. The summed E-state index contributed by atoms with van der Waals surface area (Å²) < 4.78 is 7.23. The minimum absolute atomic E-state index is 0.203. The quantitative estimate of drug-likeness (QED) is 0.602. The fourth-order valence-electron chi connectivity index (χ4n) is 2.06. The second-order valence-corrected chi connectivity index (χ2v) is 7.15. The molecule has 112 valence electrons. The van der Waals surface area contributed by atoms with E-state index in [-0.39, 0.29) is 11.2 Å². The zero-order valence-corrected chi connectivity index (χ0v) is 13.6. The van der Waals surface area contributed by atoms with E-state index in [0.717, 1.165) is 28.7 Å². The zero-order valence-electron chi connectivity index (χ0n) is 12.0. The predicted molar refractivity (Wildman–Crippen MR) is 83.6 cm³/mol. The van der Waals surface area contributed by atoms with Crippen molar-refractivity contribution in [3.8, 4) is 10.7 Å². The first-order valence-electron chi connectivity index (χ1n) is 7.02. The molecule has 21 heavy (non-hydrogen) atoms. The van der Waals surface area contributed by atoms with Crippen LogP contribution < -0.4 is 0 Å². The van der Waals surface area contributed by atoms with E-state index < -0.39 is 0 Å². The van der Waals surface area contributed by atoms with Crippen molar-refractivity contribution in [1.82, 2.24) is 14.8 Å². The van der Waals surface area contributed by atoms with Gasteiger partial charge in [0, 0.05) is 6.04 Å². The van der Waals surface area contributed by atoms with Crippen LogP contribution in [-0.4, -0.2) is 32.6 Å². The largest absolute Gasteiger partial charge is 0.465 e. The lowest BCUT2D eigenvalue weighted by Gasteiger charge is -2.11. The minimum Gasteiger partial charge on any atom is -0.465 e. The maximum Gasteiger partial charge on any atom is 0.319 e. The van der Waals surface area contributed by atoms with E-state index >= 15 is 0 Å². The summed E-state index contributed by atoms with van der Waals surface area (Å²) in [5.74, 6) is 0.705. The average molecular weight is 323 g/mol. The summed E-state index contributed by atoms with van der Waals surface area (Å²) in [6.07, 6.45) is 2.30. The van der Waals surface area contributed by atoms with Crippen LogP contribution in [0.3, 0.4) is 0 Å². The highest BCUT2D eigenvalue weighted by molar-refractivity contribution is 8.00. The Morgan fingerprint density at radius 2 is 2.38 bits per heavy atom. The molecule has 1 aliphatic rings. The molecule has 0 radical (unpaired) electrons. The third-order valence-corrected chi connectivity index (χ3v) is 5.12. The van der Waals surface area contributed by atoms with Crippen molar-refractivity contribution in [3.63, 3.8) is 0 Å². The molecule has 2 heterocycles. The Hall–Kier alpha value is -1.34. The van der Waals surface area contributed by atoms with E-state index in [0.29, 0.717) is 12.6 Å². The molecule has 0 aliphatic heterocycles. The molecule has 0 aromatic carbocycles. The van der Waals surface area contributed by atoms with Crippen LogP contribution in [0.25, 0.3) is 10.7 Å². The fraction of sp³-hybridized carbons (Fsp3) is 0.500. The summed E-state index contributed by atoms with van der Waals surface area (Å²) in [7, 11) is 0. The highest BCUT2D eigenvalue weighted by atomic mass is 32.2. The third kappa shape index (κ3) is 3.13. The number of nitrogens with zero attached hydrogens (tertiary/aromatic N) is 3. The molecule has 5 nitrogen and oxygen atoms in total. The van der Waals surface area contributed by atoms with Crippen molar-refractivity contribution >= 4 is 29.1 Å². The predicted octanol–water partition coefficient (Wildman–Crippen LogP) is 3.39. The van der Waals surface area contributed by atoms with Gasteiger partial charge in [-0.15, -0.1) is 21.5 Å². The van der Waals surface area contributed by atoms with E-state index in [2.05, 4.69) is 20.8 Å². The fourth-order valence-corrected chi connectivity index (χ4v) is 3.68. The number of thioether (sulfide) groups is 1. The number of hydrogen-bond donors (Lipinski definition) is 0. The van der Waals surface area contributed by atoms with Crippen molar-refractivity contribution in [3.05, 3.63) is 17.5 Å². The molecule has 1 saturated carbocycles. The maximum absolute atomic E-state index is 11.8. The third-order valence-electron chi connectivity index (χ3n) is 3.22. The standard InChI is InChI=1S/C14H17N3O2S2/c1-3-19-13(18)9(2)21-14-16-15-12(11-5-4-8-20-11)17(14)10-6-7-10/h4-5,8-10H,3,6-7H2,1-2H3. The number of carbonyl (C=O) groups excluding carboxylic acids is 1. The van der Waals surface area contributed by atoms with Gasteiger partial charge in [0.05, 0.1) is 11.5 Å². The number of ether oxygens (including phenoxy) is 1. The van der Waals surface area contributed by atoms with Gasteiger partial charge in [-0.25, -0.2) is 0 Å². The lowest BCUT2D eigenvalue weighted by Crippen LogP contribution is -2.17. The molecule has 0 bridgehead atoms. The van der Waals surface area contributed by atoms with Gasteiger partial charge in [0.1, 0.15) is 5.25 Å². The van der Waals surface area contributed by atoms with Crippen LogP contribution in [0.5, 0.6) is 0 Å². The first-order chi connectivity index (χ1) is 10.2. The zero-order chi connectivity index (χ0) is 14.8. The Morgan fingerprint density at radius 1 is 1.57 bits per heavy atom. The van der Waals surface area contributed by atoms with E-state index in [1.165, 1.54) is 11.8 Å². The highest BCUT2D eigenvalue weighted by Gasteiger charge is 2.31. The monoisotopic (exact) mass is 323 g/mol. The van der Waals surface area contributed by atoms with Crippen LogP contribution in [-0.2, 0) is 9.53 Å². The molecule has 1 fully saturated rings. The lowest BCUT2D eigenvalue weighted by molar-refractivity contribution is -0.142. The van der Waals surface area contributed by atoms with E-state index in [4.69, 9.17) is 4.74 Å². The summed E-state index contributed by atoms with van der Waals surface area (Å²) in [5, 5.41) is 11.2. The van der Waals surface area contributed by atoms with Crippen molar-refractivity contribution in [1.29, 1.82) is 0 Å². The van der Waals surface area contributed by atoms with Gasteiger partial charge in [0.25, 0.3) is 0 Å². The van der Waals surface area contributed by atoms with E-state index in [1.807, 2.05) is 25.3 Å². The second kappa shape index (κ2) is 6.19. The molecule has 0 saturated heterocycles. The smallest absolute Gasteiger partial charge is 0.319 e. The molecule has 1 aliphatic carbocycles. The first kappa shape index (κ1) is 14.6. The Morgan fingerprint density at radius 3 is 3.00 bits per heavy atom. The Labute approximate surface area is 131 Å². The second-order valence-electron chi connectivity index (χ2n) is 4.90. The lowest BCUT2D eigenvalue weighted by atomic mass is 10.4. The Kier molecular flexibility index (Phi) is 4.30. The molecule has 3 rings (SSSR count). The number of thiophene rings is 1.